The fraction of sp³-hybridized carbons (Fsp3) is 0.111. The molecule has 21 heavy (non-hydrogen) atoms. The summed E-state index contributed by atoms with van der Waals surface area (Å²) in [5, 5.41) is 2.55. The quantitative estimate of drug-likeness (QED) is 0.475. The van der Waals surface area contributed by atoms with Gasteiger partial charge in [0.25, 0.3) is 5.69 Å². The SMILES string of the molecule is C[n+]1c(-c2sc3ccccc3[n+]2C)ccc2ccccc21. The van der Waals surface area contributed by atoms with Gasteiger partial charge in [-0.2, -0.15) is 9.13 Å². The molecule has 2 nitrogen and oxygen atoms in total. The molecule has 0 saturated carbocycles. The van der Waals surface area contributed by atoms with Crippen molar-refractivity contribution in [3.8, 4) is 10.7 Å². The van der Waals surface area contributed by atoms with Crippen molar-refractivity contribution >= 4 is 32.5 Å². The number of benzene rings is 2. The van der Waals surface area contributed by atoms with Crippen molar-refractivity contribution in [2.45, 2.75) is 0 Å². The molecule has 4 aromatic rings. The zero-order valence-electron chi connectivity index (χ0n) is 12.1. The molecule has 0 saturated heterocycles. The summed E-state index contributed by atoms with van der Waals surface area (Å²) in [5.74, 6) is 0. The lowest BCUT2D eigenvalue weighted by Gasteiger charge is -1.99. The average Bonchev–Trinajstić information content (AvgIpc) is 2.85. The van der Waals surface area contributed by atoms with Gasteiger partial charge in [-0.05, 0) is 18.2 Å². The molecule has 0 atom stereocenters. The number of hydrogen-bond donors (Lipinski definition) is 0. The molecular weight excluding hydrogens is 276 g/mol. The van der Waals surface area contributed by atoms with Crippen molar-refractivity contribution in [3.63, 3.8) is 0 Å². The molecule has 102 valence electrons. The monoisotopic (exact) mass is 292 g/mol. The molecule has 2 heterocycles. The number of fused-ring (bicyclic) bond motifs is 2. The van der Waals surface area contributed by atoms with Gasteiger partial charge in [0.2, 0.25) is 11.0 Å². The minimum atomic E-state index is 1.25. The number of nitrogens with zero attached hydrogens (tertiary/aromatic N) is 2. The maximum absolute atomic E-state index is 2.28. The summed E-state index contributed by atoms with van der Waals surface area (Å²) in [6.45, 7) is 0. The largest absolute Gasteiger partial charge is 0.335 e. The fourth-order valence-corrected chi connectivity index (χ4v) is 4.09. The first-order valence-corrected chi connectivity index (χ1v) is 7.83. The van der Waals surface area contributed by atoms with E-state index in [4.69, 9.17) is 0 Å². The van der Waals surface area contributed by atoms with Crippen LogP contribution in [0.2, 0.25) is 0 Å². The predicted octanol–water partition coefficient (Wildman–Crippen LogP) is 3.37. The lowest BCUT2D eigenvalue weighted by atomic mass is 10.2. The molecule has 0 amide bonds. The van der Waals surface area contributed by atoms with E-state index in [1.54, 1.807) is 0 Å². The molecular formula is C18H16N2S+2. The van der Waals surface area contributed by atoms with Crippen LogP contribution in [-0.2, 0) is 14.1 Å². The second-order valence-electron chi connectivity index (χ2n) is 5.27. The van der Waals surface area contributed by atoms with Crippen molar-refractivity contribution in [2.75, 3.05) is 0 Å². The maximum atomic E-state index is 2.28. The Bertz CT molecular complexity index is 969. The predicted molar refractivity (Wildman–Crippen MR) is 87.1 cm³/mol. The van der Waals surface area contributed by atoms with Crippen molar-refractivity contribution in [3.05, 3.63) is 60.7 Å². The summed E-state index contributed by atoms with van der Waals surface area (Å²) >= 11 is 1.84. The molecule has 0 aliphatic rings. The topological polar surface area (TPSA) is 7.76 Å². The van der Waals surface area contributed by atoms with Crippen LogP contribution in [0.3, 0.4) is 0 Å². The second-order valence-corrected chi connectivity index (χ2v) is 6.30. The molecule has 0 radical (unpaired) electrons. The molecule has 0 bridgehead atoms. The highest BCUT2D eigenvalue weighted by Crippen LogP contribution is 2.27. The molecule has 0 fully saturated rings. The van der Waals surface area contributed by atoms with Gasteiger partial charge in [0, 0.05) is 23.6 Å². The third-order valence-electron chi connectivity index (χ3n) is 4.04. The minimum Gasteiger partial charge on any atom is -0.188 e. The number of aryl methyl sites for hydroxylation is 2. The summed E-state index contributed by atoms with van der Waals surface area (Å²) in [6.07, 6.45) is 0. The zero-order chi connectivity index (χ0) is 14.4. The molecule has 0 spiro atoms. The van der Waals surface area contributed by atoms with E-state index in [0.717, 1.165) is 0 Å². The molecule has 0 unspecified atom stereocenters. The maximum Gasteiger partial charge on any atom is 0.335 e. The van der Waals surface area contributed by atoms with Gasteiger partial charge in [-0.15, -0.1) is 0 Å². The first kappa shape index (κ1) is 12.5. The number of aromatic nitrogens is 2. The van der Waals surface area contributed by atoms with E-state index in [0.29, 0.717) is 0 Å². The Morgan fingerprint density at radius 3 is 2.24 bits per heavy atom. The highest BCUT2D eigenvalue weighted by Gasteiger charge is 2.26. The van der Waals surface area contributed by atoms with Gasteiger partial charge in [-0.1, -0.05) is 35.6 Å². The third kappa shape index (κ3) is 1.85. The van der Waals surface area contributed by atoms with Crippen LogP contribution >= 0.6 is 11.3 Å². The summed E-state index contributed by atoms with van der Waals surface area (Å²) in [4.78, 5) is 0. The number of rotatable bonds is 1. The van der Waals surface area contributed by atoms with E-state index in [1.165, 1.54) is 31.8 Å². The smallest absolute Gasteiger partial charge is 0.188 e. The molecule has 0 aliphatic carbocycles. The summed E-state index contributed by atoms with van der Waals surface area (Å²) in [6, 6.07) is 21.5. The van der Waals surface area contributed by atoms with E-state index < -0.39 is 0 Å². The molecule has 0 aliphatic heterocycles. The van der Waals surface area contributed by atoms with Crippen LogP contribution < -0.4 is 9.13 Å². The minimum absolute atomic E-state index is 1.25. The van der Waals surface area contributed by atoms with E-state index in [-0.39, 0.29) is 0 Å². The molecule has 0 N–H and O–H groups in total. The average molecular weight is 292 g/mol. The zero-order valence-corrected chi connectivity index (χ0v) is 12.9. The van der Waals surface area contributed by atoms with Crippen LogP contribution in [0.25, 0.3) is 31.8 Å². The van der Waals surface area contributed by atoms with E-state index in [9.17, 15) is 0 Å². The molecule has 2 aromatic carbocycles. The summed E-state index contributed by atoms with van der Waals surface area (Å²) in [7, 11) is 4.28. The van der Waals surface area contributed by atoms with Gasteiger partial charge < -0.3 is 0 Å². The van der Waals surface area contributed by atoms with Crippen molar-refractivity contribution < 1.29 is 9.13 Å². The van der Waals surface area contributed by atoms with Crippen molar-refractivity contribution in [1.29, 1.82) is 0 Å². The van der Waals surface area contributed by atoms with Crippen LogP contribution in [0.4, 0.5) is 0 Å². The first-order chi connectivity index (χ1) is 10.3. The molecule has 4 rings (SSSR count). The lowest BCUT2D eigenvalue weighted by molar-refractivity contribution is -0.661. The second kappa shape index (κ2) is 4.64. The Morgan fingerprint density at radius 2 is 1.43 bits per heavy atom. The first-order valence-electron chi connectivity index (χ1n) is 7.01. The number of para-hydroxylation sites is 2. The van der Waals surface area contributed by atoms with Crippen LogP contribution in [0, 0.1) is 0 Å². The van der Waals surface area contributed by atoms with Gasteiger partial charge in [-0.3, -0.25) is 0 Å². The Hall–Kier alpha value is -2.26. The van der Waals surface area contributed by atoms with E-state index >= 15 is 0 Å². The Balaban J connectivity index is 2.04. The molecule has 2 aromatic heterocycles. The van der Waals surface area contributed by atoms with Crippen molar-refractivity contribution in [2.24, 2.45) is 14.1 Å². The summed E-state index contributed by atoms with van der Waals surface area (Å²) < 4.78 is 5.88. The van der Waals surface area contributed by atoms with Crippen LogP contribution in [-0.4, -0.2) is 0 Å². The highest BCUT2D eigenvalue weighted by atomic mass is 32.1. The van der Waals surface area contributed by atoms with Gasteiger partial charge >= 0.3 is 5.01 Å². The highest BCUT2D eigenvalue weighted by molar-refractivity contribution is 7.21. The van der Waals surface area contributed by atoms with Crippen LogP contribution in [0.5, 0.6) is 0 Å². The van der Waals surface area contributed by atoms with E-state index in [1.807, 2.05) is 11.3 Å². The van der Waals surface area contributed by atoms with Gasteiger partial charge in [0.15, 0.2) is 0 Å². The van der Waals surface area contributed by atoms with Crippen molar-refractivity contribution in [1.82, 2.24) is 0 Å². The number of pyridine rings is 1. The fourth-order valence-electron chi connectivity index (χ4n) is 2.89. The normalized spacial score (nSPS) is 11.3. The van der Waals surface area contributed by atoms with Gasteiger partial charge in [-0.25, -0.2) is 0 Å². The molecule has 3 heteroatoms. The van der Waals surface area contributed by atoms with Gasteiger partial charge in [0.1, 0.15) is 18.8 Å². The van der Waals surface area contributed by atoms with Crippen LogP contribution in [0.15, 0.2) is 60.7 Å². The summed E-state index contributed by atoms with van der Waals surface area (Å²) in [5.41, 5.74) is 3.79. The van der Waals surface area contributed by atoms with Gasteiger partial charge in [0.05, 0.1) is 0 Å². The standard InChI is InChI=1S/C18H16N2S/c1-19-14-8-4-3-7-13(14)11-12-16(19)18-20(2)15-9-5-6-10-17(15)21-18/h3-12H,1-2H3/q+2. The number of hydrogen-bond acceptors (Lipinski definition) is 1. The lowest BCUT2D eigenvalue weighted by Crippen LogP contribution is -2.37. The Morgan fingerprint density at radius 1 is 0.714 bits per heavy atom. The third-order valence-corrected chi connectivity index (χ3v) is 5.28. The number of thiazole rings is 1. The Kier molecular flexibility index (Phi) is 2.76. The van der Waals surface area contributed by atoms with Crippen LogP contribution in [0.1, 0.15) is 0 Å². The van der Waals surface area contributed by atoms with E-state index in [2.05, 4.69) is 83.9 Å². The Labute approximate surface area is 127 Å².